The highest BCUT2D eigenvalue weighted by molar-refractivity contribution is 9.10. The van der Waals surface area contributed by atoms with E-state index in [-0.39, 0.29) is 0 Å². The summed E-state index contributed by atoms with van der Waals surface area (Å²) in [4.78, 5) is 4.38. The number of aromatic nitrogens is 1. The first-order chi connectivity index (χ1) is 7.26. The zero-order valence-electron chi connectivity index (χ0n) is 8.08. The van der Waals surface area contributed by atoms with Gasteiger partial charge in [-0.05, 0) is 28.1 Å². The number of nitrogens with one attached hydrogen (secondary N) is 1. The summed E-state index contributed by atoms with van der Waals surface area (Å²) >= 11 is 3.43. The maximum Gasteiger partial charge on any atom is 0.144 e. The quantitative estimate of drug-likeness (QED) is 0.859. The van der Waals surface area contributed by atoms with Gasteiger partial charge in [-0.15, -0.1) is 0 Å². The minimum absolute atomic E-state index is 0.558. The number of nitriles is 1. The molecule has 1 aromatic carbocycles. The molecular formula is C11H8BrN3. The largest absolute Gasteiger partial charge is 0.372 e. The zero-order chi connectivity index (χ0) is 10.8. The summed E-state index contributed by atoms with van der Waals surface area (Å²) in [6.45, 7) is 0. The molecule has 2 aromatic rings. The smallest absolute Gasteiger partial charge is 0.144 e. The van der Waals surface area contributed by atoms with Gasteiger partial charge in [-0.3, -0.25) is 0 Å². The van der Waals surface area contributed by atoms with E-state index in [0.29, 0.717) is 11.4 Å². The molecule has 74 valence electrons. The second kappa shape index (κ2) is 3.87. The number of benzene rings is 1. The number of halogens is 1. The number of rotatable bonds is 1. The van der Waals surface area contributed by atoms with E-state index >= 15 is 0 Å². The topological polar surface area (TPSA) is 48.7 Å². The molecule has 1 aromatic heterocycles. The second-order valence-electron chi connectivity index (χ2n) is 3.06. The van der Waals surface area contributed by atoms with Gasteiger partial charge < -0.3 is 5.32 Å². The van der Waals surface area contributed by atoms with E-state index in [1.54, 1.807) is 7.05 Å². The van der Waals surface area contributed by atoms with E-state index in [0.717, 1.165) is 15.4 Å². The summed E-state index contributed by atoms with van der Waals surface area (Å²) in [5.41, 5.74) is 1.42. The molecule has 0 spiro atoms. The minimum atomic E-state index is 0.558. The van der Waals surface area contributed by atoms with Crippen LogP contribution in [-0.2, 0) is 0 Å². The van der Waals surface area contributed by atoms with Crippen molar-refractivity contribution in [1.82, 2.24) is 4.98 Å². The van der Waals surface area contributed by atoms with E-state index in [1.165, 1.54) is 0 Å². The first-order valence-corrected chi connectivity index (χ1v) is 5.22. The van der Waals surface area contributed by atoms with Crippen molar-refractivity contribution in [2.24, 2.45) is 0 Å². The van der Waals surface area contributed by atoms with Crippen molar-refractivity contribution < 1.29 is 0 Å². The van der Waals surface area contributed by atoms with Gasteiger partial charge in [0.2, 0.25) is 0 Å². The lowest BCUT2D eigenvalue weighted by molar-refractivity contribution is 1.31. The van der Waals surface area contributed by atoms with Gasteiger partial charge in [-0.25, -0.2) is 4.98 Å². The van der Waals surface area contributed by atoms with E-state index in [2.05, 4.69) is 32.3 Å². The van der Waals surface area contributed by atoms with Gasteiger partial charge >= 0.3 is 0 Å². The highest BCUT2D eigenvalue weighted by atomic mass is 79.9. The fourth-order valence-corrected chi connectivity index (χ4v) is 1.91. The Morgan fingerprint density at radius 3 is 2.93 bits per heavy atom. The maximum atomic E-state index is 8.94. The summed E-state index contributed by atoms with van der Waals surface area (Å²) in [6.07, 6.45) is 0. The molecule has 0 aliphatic rings. The molecule has 0 fully saturated rings. The van der Waals surface area contributed by atoms with Crippen LogP contribution in [0, 0.1) is 11.3 Å². The Kier molecular flexibility index (Phi) is 2.57. The van der Waals surface area contributed by atoms with Crippen molar-refractivity contribution in [3.63, 3.8) is 0 Å². The van der Waals surface area contributed by atoms with Gasteiger partial charge in [0.1, 0.15) is 11.9 Å². The monoisotopic (exact) mass is 261 g/mol. The summed E-state index contributed by atoms with van der Waals surface area (Å²) in [5.74, 6) is 0.608. The number of fused-ring (bicyclic) bond motifs is 1. The van der Waals surface area contributed by atoms with Crippen LogP contribution in [-0.4, -0.2) is 12.0 Å². The Bertz CT molecular complexity index is 557. The van der Waals surface area contributed by atoms with Crippen LogP contribution in [0.2, 0.25) is 0 Å². The lowest BCUT2D eigenvalue weighted by atomic mass is 10.1. The third-order valence-electron chi connectivity index (χ3n) is 2.15. The number of hydrogen-bond donors (Lipinski definition) is 1. The van der Waals surface area contributed by atoms with Crippen molar-refractivity contribution in [3.8, 4) is 6.07 Å². The van der Waals surface area contributed by atoms with Gasteiger partial charge in [0.15, 0.2) is 0 Å². The average Bonchev–Trinajstić information content (AvgIpc) is 2.28. The molecule has 1 N–H and O–H groups in total. The highest BCUT2D eigenvalue weighted by Crippen LogP contribution is 2.25. The van der Waals surface area contributed by atoms with Crippen LogP contribution in [0.4, 0.5) is 5.82 Å². The molecule has 2 rings (SSSR count). The Labute approximate surface area is 95.9 Å². The van der Waals surface area contributed by atoms with E-state index in [1.807, 2.05) is 24.3 Å². The molecule has 0 amide bonds. The molecule has 0 aliphatic carbocycles. The predicted octanol–water partition coefficient (Wildman–Crippen LogP) is 2.91. The predicted molar refractivity (Wildman–Crippen MR) is 63.7 cm³/mol. The fourth-order valence-electron chi connectivity index (χ4n) is 1.44. The zero-order valence-corrected chi connectivity index (χ0v) is 9.67. The van der Waals surface area contributed by atoms with Crippen molar-refractivity contribution >= 4 is 32.7 Å². The number of nitrogens with zero attached hydrogens (tertiary/aromatic N) is 2. The number of para-hydroxylation sites is 1. The number of anilines is 1. The molecule has 1 heterocycles. The Morgan fingerprint density at radius 1 is 1.47 bits per heavy atom. The van der Waals surface area contributed by atoms with Crippen LogP contribution >= 0.6 is 15.9 Å². The number of hydrogen-bond acceptors (Lipinski definition) is 3. The maximum absolute atomic E-state index is 8.94. The summed E-state index contributed by atoms with van der Waals surface area (Å²) in [6, 6.07) is 9.74. The van der Waals surface area contributed by atoms with Gasteiger partial charge in [-0.2, -0.15) is 5.26 Å². The van der Waals surface area contributed by atoms with E-state index in [9.17, 15) is 0 Å². The summed E-state index contributed by atoms with van der Waals surface area (Å²) in [7, 11) is 1.76. The van der Waals surface area contributed by atoms with Crippen molar-refractivity contribution in [1.29, 1.82) is 5.26 Å². The highest BCUT2D eigenvalue weighted by Gasteiger charge is 2.06. The Balaban J connectivity index is 2.83. The molecule has 0 saturated carbocycles. The lowest BCUT2D eigenvalue weighted by Crippen LogP contribution is -1.96. The molecular weight excluding hydrogens is 254 g/mol. The van der Waals surface area contributed by atoms with Crippen LogP contribution in [0.3, 0.4) is 0 Å². The van der Waals surface area contributed by atoms with Crippen LogP contribution in [0.25, 0.3) is 10.9 Å². The third kappa shape index (κ3) is 1.66. The standard InChI is InChI=1S/C11H8BrN3/c1-14-11-8(6-13)5-7-3-2-4-9(12)10(7)15-11/h2-5H,1H3,(H,14,15). The fraction of sp³-hybridized carbons (Fsp3) is 0.0909. The van der Waals surface area contributed by atoms with Gasteiger partial charge in [0, 0.05) is 16.9 Å². The van der Waals surface area contributed by atoms with Gasteiger partial charge in [-0.1, -0.05) is 12.1 Å². The first-order valence-electron chi connectivity index (χ1n) is 4.43. The SMILES string of the molecule is CNc1nc2c(Br)cccc2cc1C#N. The molecule has 0 saturated heterocycles. The molecule has 0 unspecified atom stereocenters. The van der Waals surface area contributed by atoms with Crippen molar-refractivity contribution in [3.05, 3.63) is 34.3 Å². The molecule has 3 nitrogen and oxygen atoms in total. The van der Waals surface area contributed by atoms with Crippen molar-refractivity contribution in [2.75, 3.05) is 12.4 Å². The lowest BCUT2D eigenvalue weighted by Gasteiger charge is -2.05. The normalized spacial score (nSPS) is 9.93. The average molecular weight is 262 g/mol. The van der Waals surface area contributed by atoms with Crippen LogP contribution in [0.5, 0.6) is 0 Å². The van der Waals surface area contributed by atoms with Crippen LogP contribution in [0.15, 0.2) is 28.7 Å². The van der Waals surface area contributed by atoms with Crippen molar-refractivity contribution in [2.45, 2.75) is 0 Å². The summed E-state index contributed by atoms with van der Waals surface area (Å²) in [5, 5.41) is 12.8. The molecule has 0 bridgehead atoms. The molecule has 15 heavy (non-hydrogen) atoms. The van der Waals surface area contributed by atoms with E-state index < -0.39 is 0 Å². The molecule has 0 aliphatic heterocycles. The molecule has 4 heteroatoms. The summed E-state index contributed by atoms with van der Waals surface area (Å²) < 4.78 is 0.931. The van der Waals surface area contributed by atoms with Crippen LogP contribution < -0.4 is 5.32 Å². The minimum Gasteiger partial charge on any atom is -0.372 e. The Hall–Kier alpha value is -1.60. The molecule has 0 atom stereocenters. The van der Waals surface area contributed by atoms with Gasteiger partial charge in [0.05, 0.1) is 11.1 Å². The van der Waals surface area contributed by atoms with Gasteiger partial charge in [0.25, 0.3) is 0 Å². The number of pyridine rings is 1. The van der Waals surface area contributed by atoms with E-state index in [4.69, 9.17) is 5.26 Å². The second-order valence-corrected chi connectivity index (χ2v) is 3.91. The first kappa shape index (κ1) is 9.94. The molecule has 0 radical (unpaired) electrons. The van der Waals surface area contributed by atoms with Crippen LogP contribution in [0.1, 0.15) is 5.56 Å². The Morgan fingerprint density at radius 2 is 2.27 bits per heavy atom. The third-order valence-corrected chi connectivity index (χ3v) is 2.79.